The molecular weight excluding hydrogens is 350 g/mol. The van der Waals surface area contributed by atoms with Crippen LogP contribution in [0.2, 0.25) is 0 Å². The normalized spacial score (nSPS) is 13.3. The first kappa shape index (κ1) is 14.6. The van der Waals surface area contributed by atoms with E-state index in [9.17, 15) is 10.0 Å². The number of halogens is 1. The van der Waals surface area contributed by atoms with Crippen LogP contribution in [0.3, 0.4) is 0 Å². The number of ketones is 1. The summed E-state index contributed by atoms with van der Waals surface area (Å²) < 4.78 is 11.8. The Kier molecular flexibility index (Phi) is 3.62. The number of hydrogen-bond donors (Lipinski definition) is 0. The number of fused-ring (bicyclic) bond motifs is 1. The van der Waals surface area contributed by atoms with Gasteiger partial charge < -0.3 is 14.7 Å². The molecule has 0 atom stereocenters. The van der Waals surface area contributed by atoms with Crippen LogP contribution in [0.15, 0.2) is 40.9 Å². The zero-order valence-corrected chi connectivity index (χ0v) is 13.5. The van der Waals surface area contributed by atoms with Crippen molar-refractivity contribution in [2.75, 3.05) is 14.2 Å². The summed E-state index contributed by atoms with van der Waals surface area (Å²) in [6.07, 6.45) is 0. The summed E-state index contributed by atoms with van der Waals surface area (Å²) in [6.45, 7) is 0. The molecule has 0 saturated carbocycles. The molecule has 0 bridgehead atoms. The van der Waals surface area contributed by atoms with Gasteiger partial charge in [0.1, 0.15) is 5.56 Å². The van der Waals surface area contributed by atoms with Crippen LogP contribution in [0.1, 0.15) is 15.9 Å². The van der Waals surface area contributed by atoms with Crippen LogP contribution in [0.25, 0.3) is 0 Å². The standard InChI is InChI=1S/C16H12BrNO4/c1-21-13-6-3-9(7-14(13)22-2)15-16(19)11-8-10(17)4-5-12(11)18(15)20/h3-8H,1-2H3. The number of rotatable bonds is 3. The number of Topliss-reactive ketones (excluding diaryl/α,β-unsaturated/α-hetero) is 1. The summed E-state index contributed by atoms with van der Waals surface area (Å²) in [5.74, 6) is 0.694. The number of ether oxygens (including phenoxy) is 2. The molecule has 1 aliphatic heterocycles. The highest BCUT2D eigenvalue weighted by atomic mass is 79.9. The molecule has 3 rings (SSSR count). The van der Waals surface area contributed by atoms with E-state index in [-0.39, 0.29) is 11.5 Å². The van der Waals surface area contributed by atoms with Crippen molar-refractivity contribution in [3.63, 3.8) is 0 Å². The van der Waals surface area contributed by atoms with Gasteiger partial charge >= 0.3 is 0 Å². The van der Waals surface area contributed by atoms with Crippen molar-refractivity contribution >= 4 is 33.1 Å². The number of nitrogens with zero attached hydrogens (tertiary/aromatic N) is 1. The maximum Gasteiger partial charge on any atom is 0.273 e. The molecule has 0 N–H and O–H groups in total. The van der Waals surface area contributed by atoms with Gasteiger partial charge in [0.05, 0.1) is 19.8 Å². The SMILES string of the molecule is COc1ccc(C2=[N+]([O-])c3ccc(Br)cc3C2=O)cc1OC. The molecule has 0 aliphatic carbocycles. The summed E-state index contributed by atoms with van der Waals surface area (Å²) in [5, 5.41) is 12.4. The maximum absolute atomic E-state index is 12.5. The fourth-order valence-corrected chi connectivity index (χ4v) is 2.80. The Morgan fingerprint density at radius 1 is 1.05 bits per heavy atom. The van der Waals surface area contributed by atoms with Crippen molar-refractivity contribution in [2.24, 2.45) is 0 Å². The molecule has 0 radical (unpaired) electrons. The van der Waals surface area contributed by atoms with Crippen LogP contribution in [0.5, 0.6) is 11.5 Å². The van der Waals surface area contributed by atoms with Gasteiger partial charge in [0.15, 0.2) is 11.5 Å². The second kappa shape index (κ2) is 5.46. The third-order valence-electron chi connectivity index (χ3n) is 3.50. The fourth-order valence-electron chi connectivity index (χ4n) is 2.44. The van der Waals surface area contributed by atoms with E-state index in [1.807, 2.05) is 0 Å². The van der Waals surface area contributed by atoms with Crippen LogP contribution in [0, 0.1) is 5.21 Å². The third-order valence-corrected chi connectivity index (χ3v) is 3.99. The molecule has 0 aromatic heterocycles. The number of methoxy groups -OCH3 is 2. The lowest BCUT2D eigenvalue weighted by atomic mass is 10.0. The van der Waals surface area contributed by atoms with Crippen LogP contribution in [-0.4, -0.2) is 30.5 Å². The van der Waals surface area contributed by atoms with E-state index in [0.717, 1.165) is 4.47 Å². The van der Waals surface area contributed by atoms with E-state index in [1.54, 1.807) is 36.4 Å². The zero-order chi connectivity index (χ0) is 15.9. The zero-order valence-electron chi connectivity index (χ0n) is 11.9. The molecule has 112 valence electrons. The predicted octanol–water partition coefficient (Wildman–Crippen LogP) is 3.29. The highest BCUT2D eigenvalue weighted by molar-refractivity contribution is 9.10. The Morgan fingerprint density at radius 2 is 1.77 bits per heavy atom. The lowest BCUT2D eigenvalue weighted by molar-refractivity contribution is -0.355. The summed E-state index contributed by atoms with van der Waals surface area (Å²) in [4.78, 5) is 12.5. The van der Waals surface area contributed by atoms with Gasteiger partial charge in [-0.15, -0.1) is 0 Å². The van der Waals surface area contributed by atoms with Gasteiger partial charge in [0, 0.05) is 10.5 Å². The van der Waals surface area contributed by atoms with Gasteiger partial charge in [-0.2, -0.15) is 4.74 Å². The van der Waals surface area contributed by atoms with Crippen molar-refractivity contribution in [1.29, 1.82) is 0 Å². The Morgan fingerprint density at radius 3 is 2.45 bits per heavy atom. The van der Waals surface area contributed by atoms with Crippen LogP contribution >= 0.6 is 15.9 Å². The van der Waals surface area contributed by atoms with E-state index in [4.69, 9.17) is 9.47 Å². The minimum atomic E-state index is -0.307. The maximum atomic E-state index is 12.5. The molecule has 5 nitrogen and oxygen atoms in total. The van der Waals surface area contributed by atoms with E-state index in [0.29, 0.717) is 33.1 Å². The largest absolute Gasteiger partial charge is 0.618 e. The molecule has 1 heterocycles. The lowest BCUT2D eigenvalue weighted by Gasteiger charge is -2.08. The molecule has 0 unspecified atom stereocenters. The summed E-state index contributed by atoms with van der Waals surface area (Å²) in [6, 6.07) is 9.96. The van der Waals surface area contributed by atoms with E-state index < -0.39 is 0 Å². The molecule has 0 saturated heterocycles. The Hall–Kier alpha value is -2.34. The summed E-state index contributed by atoms with van der Waals surface area (Å²) in [7, 11) is 3.03. The van der Waals surface area contributed by atoms with Crippen molar-refractivity contribution in [2.45, 2.75) is 0 Å². The molecule has 0 amide bonds. The van der Waals surface area contributed by atoms with E-state index in [2.05, 4.69) is 15.9 Å². The van der Waals surface area contributed by atoms with Gasteiger partial charge in [-0.25, -0.2) is 0 Å². The molecule has 22 heavy (non-hydrogen) atoms. The second-order valence-corrected chi connectivity index (χ2v) is 5.62. The highest BCUT2D eigenvalue weighted by Crippen LogP contribution is 2.33. The van der Waals surface area contributed by atoms with Gasteiger partial charge in [-0.1, -0.05) is 15.9 Å². The molecule has 0 fully saturated rings. The van der Waals surface area contributed by atoms with Crippen molar-refractivity contribution in [3.8, 4) is 11.5 Å². The predicted molar refractivity (Wildman–Crippen MR) is 85.4 cm³/mol. The molecule has 2 aromatic rings. The Balaban J connectivity index is 2.14. The van der Waals surface area contributed by atoms with Gasteiger partial charge in [-0.05, 0) is 30.3 Å². The quantitative estimate of drug-likeness (QED) is 0.621. The molecule has 6 heteroatoms. The topological polar surface area (TPSA) is 61.6 Å². The Labute approximate surface area is 135 Å². The highest BCUT2D eigenvalue weighted by Gasteiger charge is 2.37. The average molecular weight is 362 g/mol. The van der Waals surface area contributed by atoms with Crippen LogP contribution < -0.4 is 9.47 Å². The minimum Gasteiger partial charge on any atom is -0.618 e. The van der Waals surface area contributed by atoms with Crippen molar-refractivity contribution < 1.29 is 19.0 Å². The number of carbonyl (C=O) groups excluding carboxylic acids is 1. The average Bonchev–Trinajstić information content (AvgIpc) is 2.77. The smallest absolute Gasteiger partial charge is 0.273 e. The van der Waals surface area contributed by atoms with E-state index >= 15 is 0 Å². The summed E-state index contributed by atoms with van der Waals surface area (Å²) >= 11 is 3.31. The number of carbonyl (C=O) groups is 1. The fraction of sp³-hybridized carbons (Fsp3) is 0.125. The molecular formula is C16H12BrNO4. The monoisotopic (exact) mass is 361 g/mol. The van der Waals surface area contributed by atoms with Gasteiger partial charge in [0.25, 0.3) is 11.5 Å². The Bertz CT molecular complexity index is 814. The van der Waals surface area contributed by atoms with Crippen molar-refractivity contribution in [3.05, 3.63) is 57.2 Å². The lowest BCUT2D eigenvalue weighted by Crippen LogP contribution is -2.16. The molecule has 0 spiro atoms. The summed E-state index contributed by atoms with van der Waals surface area (Å²) in [5.41, 5.74) is 1.30. The second-order valence-electron chi connectivity index (χ2n) is 4.70. The van der Waals surface area contributed by atoms with Gasteiger partial charge in [-0.3, -0.25) is 4.79 Å². The van der Waals surface area contributed by atoms with Crippen LogP contribution in [-0.2, 0) is 0 Å². The van der Waals surface area contributed by atoms with Crippen LogP contribution in [0.4, 0.5) is 5.69 Å². The van der Waals surface area contributed by atoms with Gasteiger partial charge in [0.2, 0.25) is 5.69 Å². The number of hydrogen-bond acceptors (Lipinski definition) is 4. The number of benzene rings is 2. The molecule has 2 aromatic carbocycles. The van der Waals surface area contributed by atoms with Crippen molar-refractivity contribution in [1.82, 2.24) is 0 Å². The molecule has 1 aliphatic rings. The van der Waals surface area contributed by atoms with E-state index in [1.165, 1.54) is 14.2 Å². The first-order valence-electron chi connectivity index (χ1n) is 6.47. The minimum absolute atomic E-state index is 0.0778. The third kappa shape index (κ3) is 2.16. The first-order chi connectivity index (χ1) is 10.6. The first-order valence-corrected chi connectivity index (χ1v) is 7.27.